The molecule has 1 heterocycles. The molecule has 102 valence electrons. The standard InChI is InChI=1S/C16H15NO2S/c18-16(12-13-6-2-1-3-7-13)17-10-11-20(19)15-9-5-4-8-14(15)17/h1-9H,10-12H2. The Morgan fingerprint density at radius 2 is 1.75 bits per heavy atom. The molecular weight excluding hydrogens is 270 g/mol. The van der Waals surface area contributed by atoms with Gasteiger partial charge in [0, 0.05) is 12.3 Å². The molecule has 1 amide bonds. The summed E-state index contributed by atoms with van der Waals surface area (Å²) in [6, 6.07) is 17.2. The molecule has 1 aliphatic rings. The molecule has 2 aromatic rings. The molecule has 0 spiro atoms. The van der Waals surface area contributed by atoms with Crippen molar-refractivity contribution in [1.29, 1.82) is 0 Å². The number of nitrogens with zero attached hydrogens (tertiary/aromatic N) is 1. The van der Waals surface area contributed by atoms with Gasteiger partial charge in [-0.05, 0) is 17.7 Å². The van der Waals surface area contributed by atoms with E-state index in [9.17, 15) is 9.00 Å². The van der Waals surface area contributed by atoms with Crippen molar-refractivity contribution in [3.05, 3.63) is 60.2 Å². The van der Waals surface area contributed by atoms with E-state index in [1.54, 1.807) is 4.90 Å². The van der Waals surface area contributed by atoms with Crippen LogP contribution in [0.5, 0.6) is 0 Å². The van der Waals surface area contributed by atoms with Gasteiger partial charge < -0.3 is 4.90 Å². The molecule has 20 heavy (non-hydrogen) atoms. The van der Waals surface area contributed by atoms with Gasteiger partial charge in [-0.25, -0.2) is 0 Å². The minimum Gasteiger partial charge on any atom is -0.310 e. The Morgan fingerprint density at radius 1 is 1.05 bits per heavy atom. The van der Waals surface area contributed by atoms with E-state index in [1.807, 2.05) is 54.6 Å². The van der Waals surface area contributed by atoms with Crippen molar-refractivity contribution in [1.82, 2.24) is 0 Å². The first kappa shape index (κ1) is 13.1. The first-order valence-electron chi connectivity index (χ1n) is 6.57. The summed E-state index contributed by atoms with van der Waals surface area (Å²) in [7, 11) is -0.993. The Morgan fingerprint density at radius 3 is 2.55 bits per heavy atom. The summed E-state index contributed by atoms with van der Waals surface area (Å²) in [6.45, 7) is 0.523. The molecule has 3 nitrogen and oxygen atoms in total. The van der Waals surface area contributed by atoms with Crippen molar-refractivity contribution in [2.45, 2.75) is 11.3 Å². The molecule has 4 heteroatoms. The van der Waals surface area contributed by atoms with Gasteiger partial charge in [-0.2, -0.15) is 0 Å². The third-order valence-corrected chi connectivity index (χ3v) is 4.79. The van der Waals surface area contributed by atoms with Crippen molar-refractivity contribution < 1.29 is 9.00 Å². The molecule has 0 saturated heterocycles. The molecule has 0 fully saturated rings. The fraction of sp³-hybridized carbons (Fsp3) is 0.188. The average molecular weight is 285 g/mol. The summed E-state index contributed by atoms with van der Waals surface area (Å²) in [4.78, 5) is 15.0. The van der Waals surface area contributed by atoms with Crippen LogP contribution in [0.2, 0.25) is 0 Å². The number of carbonyl (C=O) groups is 1. The Balaban J connectivity index is 1.86. The largest absolute Gasteiger partial charge is 0.310 e. The van der Waals surface area contributed by atoms with Crippen LogP contribution in [-0.4, -0.2) is 22.4 Å². The number of carbonyl (C=O) groups excluding carboxylic acids is 1. The molecule has 2 aromatic carbocycles. The Hall–Kier alpha value is -1.94. The second-order valence-electron chi connectivity index (χ2n) is 4.73. The number of benzene rings is 2. The number of rotatable bonds is 2. The van der Waals surface area contributed by atoms with Crippen molar-refractivity contribution in [3.8, 4) is 0 Å². The molecular formula is C16H15NO2S. The van der Waals surface area contributed by atoms with Gasteiger partial charge in [-0.3, -0.25) is 9.00 Å². The third-order valence-electron chi connectivity index (χ3n) is 3.40. The second kappa shape index (κ2) is 5.59. The molecule has 0 aliphatic carbocycles. The highest BCUT2D eigenvalue weighted by molar-refractivity contribution is 7.85. The maximum absolute atomic E-state index is 12.5. The van der Waals surface area contributed by atoms with Crippen LogP contribution < -0.4 is 4.90 Å². The molecule has 3 rings (SSSR count). The lowest BCUT2D eigenvalue weighted by Crippen LogP contribution is -2.39. The Kier molecular flexibility index (Phi) is 3.65. The summed E-state index contributed by atoms with van der Waals surface area (Å²) in [5.74, 6) is 0.567. The zero-order chi connectivity index (χ0) is 13.9. The highest BCUT2D eigenvalue weighted by atomic mass is 32.2. The second-order valence-corrected chi connectivity index (χ2v) is 6.26. The van der Waals surface area contributed by atoms with Crippen LogP contribution in [-0.2, 0) is 22.0 Å². The summed E-state index contributed by atoms with van der Waals surface area (Å²) in [5.41, 5.74) is 1.79. The van der Waals surface area contributed by atoms with Gasteiger partial charge >= 0.3 is 0 Å². The molecule has 1 aliphatic heterocycles. The summed E-state index contributed by atoms with van der Waals surface area (Å²) < 4.78 is 12.0. The van der Waals surface area contributed by atoms with Crippen LogP contribution in [0.15, 0.2) is 59.5 Å². The van der Waals surface area contributed by atoms with Gasteiger partial charge in [0.1, 0.15) is 0 Å². The summed E-state index contributed by atoms with van der Waals surface area (Å²) in [6.07, 6.45) is 0.377. The number of hydrogen-bond acceptors (Lipinski definition) is 2. The molecule has 0 bridgehead atoms. The number of fused-ring (bicyclic) bond motifs is 1. The van der Waals surface area contributed by atoms with Gasteiger partial charge in [0.05, 0.1) is 27.8 Å². The zero-order valence-corrected chi connectivity index (χ0v) is 11.8. The fourth-order valence-electron chi connectivity index (χ4n) is 2.40. The highest BCUT2D eigenvalue weighted by Gasteiger charge is 2.25. The normalized spacial score (nSPS) is 17.6. The Bertz CT molecular complexity index is 655. The predicted molar refractivity (Wildman–Crippen MR) is 80.2 cm³/mol. The third kappa shape index (κ3) is 2.51. The van der Waals surface area contributed by atoms with Crippen molar-refractivity contribution in [3.63, 3.8) is 0 Å². The predicted octanol–water partition coefficient (Wildman–Crippen LogP) is 2.38. The van der Waals surface area contributed by atoms with Gasteiger partial charge in [0.15, 0.2) is 0 Å². The summed E-state index contributed by atoms with van der Waals surface area (Å²) in [5, 5.41) is 0. The van der Waals surface area contributed by atoms with Crippen LogP contribution >= 0.6 is 0 Å². The molecule has 0 aromatic heterocycles. The quantitative estimate of drug-likeness (QED) is 0.849. The number of anilines is 1. The van der Waals surface area contributed by atoms with Gasteiger partial charge in [-0.15, -0.1) is 0 Å². The van der Waals surface area contributed by atoms with Crippen molar-refractivity contribution >= 4 is 22.4 Å². The molecule has 1 unspecified atom stereocenters. The van der Waals surface area contributed by atoms with E-state index in [0.717, 1.165) is 16.1 Å². The molecule has 0 radical (unpaired) electrons. The Labute approximate surface area is 120 Å². The first-order chi connectivity index (χ1) is 9.75. The van der Waals surface area contributed by atoms with E-state index in [0.29, 0.717) is 18.7 Å². The highest BCUT2D eigenvalue weighted by Crippen LogP contribution is 2.28. The zero-order valence-electron chi connectivity index (χ0n) is 11.0. The van der Waals surface area contributed by atoms with E-state index in [2.05, 4.69) is 0 Å². The monoisotopic (exact) mass is 285 g/mol. The average Bonchev–Trinajstić information content (AvgIpc) is 2.49. The molecule has 0 N–H and O–H groups in total. The van der Waals surface area contributed by atoms with Crippen LogP contribution in [0.25, 0.3) is 0 Å². The van der Waals surface area contributed by atoms with Crippen molar-refractivity contribution in [2.24, 2.45) is 0 Å². The van der Waals surface area contributed by atoms with E-state index in [-0.39, 0.29) is 5.91 Å². The van der Waals surface area contributed by atoms with Gasteiger partial charge in [0.2, 0.25) is 5.91 Å². The summed E-state index contributed by atoms with van der Waals surface area (Å²) >= 11 is 0. The molecule has 1 atom stereocenters. The van der Waals surface area contributed by atoms with Crippen molar-refractivity contribution in [2.75, 3.05) is 17.2 Å². The van der Waals surface area contributed by atoms with Gasteiger partial charge in [0.25, 0.3) is 0 Å². The van der Waals surface area contributed by atoms with Gasteiger partial charge in [-0.1, -0.05) is 42.5 Å². The minimum atomic E-state index is -0.993. The first-order valence-corrected chi connectivity index (χ1v) is 7.89. The fourth-order valence-corrected chi connectivity index (χ4v) is 3.61. The van der Waals surface area contributed by atoms with Crippen LogP contribution in [0.4, 0.5) is 5.69 Å². The number of hydrogen-bond donors (Lipinski definition) is 0. The van der Waals surface area contributed by atoms with E-state index in [4.69, 9.17) is 0 Å². The minimum absolute atomic E-state index is 0.0559. The maximum atomic E-state index is 12.5. The van der Waals surface area contributed by atoms with E-state index in [1.165, 1.54) is 0 Å². The number of amides is 1. The lowest BCUT2D eigenvalue weighted by Gasteiger charge is -2.29. The van der Waals surface area contributed by atoms with E-state index >= 15 is 0 Å². The molecule has 0 saturated carbocycles. The van der Waals surface area contributed by atoms with Crippen LogP contribution in [0.3, 0.4) is 0 Å². The van der Waals surface area contributed by atoms with E-state index < -0.39 is 10.8 Å². The van der Waals surface area contributed by atoms with Crippen LogP contribution in [0.1, 0.15) is 5.56 Å². The lowest BCUT2D eigenvalue weighted by atomic mass is 10.1. The SMILES string of the molecule is O=C(Cc1ccccc1)N1CCS(=O)c2ccccc21. The number of para-hydroxylation sites is 1. The lowest BCUT2D eigenvalue weighted by molar-refractivity contribution is -0.118. The van der Waals surface area contributed by atoms with Crippen LogP contribution in [0, 0.1) is 0 Å². The maximum Gasteiger partial charge on any atom is 0.231 e. The smallest absolute Gasteiger partial charge is 0.231 e. The topological polar surface area (TPSA) is 37.4 Å².